The van der Waals surface area contributed by atoms with Crippen molar-refractivity contribution in [2.45, 2.75) is 13.1 Å². The van der Waals surface area contributed by atoms with Gasteiger partial charge in [0.25, 0.3) is 5.69 Å². The van der Waals surface area contributed by atoms with Gasteiger partial charge in [0.2, 0.25) is 0 Å². The van der Waals surface area contributed by atoms with Crippen LogP contribution >= 0.6 is 24.0 Å². The van der Waals surface area contributed by atoms with Crippen molar-refractivity contribution in [3.8, 4) is 11.3 Å². The van der Waals surface area contributed by atoms with E-state index in [2.05, 4.69) is 20.3 Å². The number of hydrogen-bond acceptors (Lipinski definition) is 4. The van der Waals surface area contributed by atoms with Gasteiger partial charge in [0.15, 0.2) is 5.96 Å². The number of nitrogens with zero attached hydrogens (tertiary/aromatic N) is 4. The number of aromatic nitrogens is 2. The fourth-order valence-corrected chi connectivity index (χ4v) is 2.81. The molecule has 0 spiro atoms. The Balaban J connectivity index is 0.00000300. The molecule has 0 saturated heterocycles. The maximum atomic E-state index is 10.7. The molecular weight excluding hydrogens is 483 g/mol. The van der Waals surface area contributed by atoms with E-state index >= 15 is 0 Å². The molecule has 1 heterocycles. The van der Waals surface area contributed by atoms with Crippen LogP contribution in [0.25, 0.3) is 11.3 Å². The van der Waals surface area contributed by atoms with E-state index in [9.17, 15) is 10.1 Å². The van der Waals surface area contributed by atoms with E-state index in [-0.39, 0.29) is 29.7 Å². The Morgan fingerprint density at radius 1 is 1.21 bits per heavy atom. The van der Waals surface area contributed by atoms with E-state index in [1.54, 1.807) is 19.2 Å². The smallest absolute Gasteiger partial charge is 0.269 e. The quantitative estimate of drug-likeness (QED) is 0.174. The molecule has 0 fully saturated rings. The van der Waals surface area contributed by atoms with Crippen molar-refractivity contribution in [2.24, 2.45) is 4.99 Å². The monoisotopic (exact) mass is 506 g/mol. The number of halogens is 1. The first-order valence-electron chi connectivity index (χ1n) is 8.81. The third kappa shape index (κ3) is 6.01. The van der Waals surface area contributed by atoms with Crippen LogP contribution in [0.5, 0.6) is 0 Å². The Morgan fingerprint density at radius 3 is 2.52 bits per heavy atom. The lowest BCUT2D eigenvalue weighted by Gasteiger charge is -2.21. The van der Waals surface area contributed by atoms with Crippen LogP contribution in [0.3, 0.4) is 0 Å². The third-order valence-electron chi connectivity index (χ3n) is 4.27. The van der Waals surface area contributed by atoms with Gasteiger partial charge < -0.3 is 15.2 Å². The van der Waals surface area contributed by atoms with E-state index in [4.69, 9.17) is 0 Å². The second kappa shape index (κ2) is 10.6. The number of nitrogens with one attached hydrogen (secondary N) is 2. The van der Waals surface area contributed by atoms with Crippen molar-refractivity contribution >= 4 is 35.6 Å². The lowest BCUT2D eigenvalue weighted by atomic mass is 10.2. The highest BCUT2D eigenvalue weighted by atomic mass is 127. The minimum Gasteiger partial charge on any atom is -0.352 e. The van der Waals surface area contributed by atoms with Crippen LogP contribution in [-0.2, 0) is 13.1 Å². The predicted molar refractivity (Wildman–Crippen MR) is 124 cm³/mol. The molecule has 0 bridgehead atoms. The molecule has 0 saturated carbocycles. The fraction of sp³-hybridized carbons (Fsp3) is 0.200. The number of hydrogen-bond donors (Lipinski definition) is 2. The van der Waals surface area contributed by atoms with Crippen LogP contribution in [0, 0.1) is 10.1 Å². The number of nitro benzene ring substituents is 1. The first-order chi connectivity index (χ1) is 13.6. The molecule has 0 radical (unpaired) electrons. The van der Waals surface area contributed by atoms with Gasteiger partial charge in [0.05, 0.1) is 23.4 Å². The van der Waals surface area contributed by atoms with E-state index in [0.29, 0.717) is 19.0 Å². The minimum absolute atomic E-state index is 0. The van der Waals surface area contributed by atoms with Crippen molar-refractivity contribution in [1.82, 2.24) is 20.2 Å². The third-order valence-corrected chi connectivity index (χ3v) is 4.27. The summed E-state index contributed by atoms with van der Waals surface area (Å²) in [5, 5.41) is 14.0. The lowest BCUT2D eigenvalue weighted by molar-refractivity contribution is -0.384. The normalized spacial score (nSPS) is 10.9. The number of aliphatic imine (C=N–C) groups is 1. The van der Waals surface area contributed by atoms with Crippen molar-refractivity contribution in [1.29, 1.82) is 0 Å². The van der Waals surface area contributed by atoms with E-state index in [0.717, 1.165) is 22.6 Å². The van der Waals surface area contributed by atoms with Gasteiger partial charge >= 0.3 is 0 Å². The maximum Gasteiger partial charge on any atom is 0.269 e. The summed E-state index contributed by atoms with van der Waals surface area (Å²) < 4.78 is 0. The number of benzene rings is 2. The first-order valence-corrected chi connectivity index (χ1v) is 8.81. The summed E-state index contributed by atoms with van der Waals surface area (Å²) in [5.74, 6) is 1.54. The molecule has 8 nitrogen and oxygen atoms in total. The van der Waals surface area contributed by atoms with Gasteiger partial charge in [-0.3, -0.25) is 15.1 Å². The highest BCUT2D eigenvalue weighted by Gasteiger charge is 2.10. The summed E-state index contributed by atoms with van der Waals surface area (Å²) in [7, 11) is 3.64. The average molecular weight is 506 g/mol. The molecule has 0 amide bonds. The number of nitro groups is 1. The highest BCUT2D eigenvalue weighted by Crippen LogP contribution is 2.16. The number of guanidine groups is 1. The van der Waals surface area contributed by atoms with Crippen LogP contribution in [0.2, 0.25) is 0 Å². The van der Waals surface area contributed by atoms with Crippen LogP contribution in [0.4, 0.5) is 5.69 Å². The minimum atomic E-state index is -0.406. The number of rotatable bonds is 6. The van der Waals surface area contributed by atoms with Crippen molar-refractivity contribution in [3.63, 3.8) is 0 Å². The van der Waals surface area contributed by atoms with Gasteiger partial charge in [-0.15, -0.1) is 24.0 Å². The zero-order chi connectivity index (χ0) is 19.9. The zero-order valence-electron chi connectivity index (χ0n) is 16.2. The van der Waals surface area contributed by atoms with Crippen LogP contribution in [0.15, 0.2) is 65.8 Å². The number of aromatic amines is 1. The molecule has 29 heavy (non-hydrogen) atoms. The molecule has 0 atom stereocenters. The largest absolute Gasteiger partial charge is 0.352 e. The molecule has 9 heteroatoms. The molecular formula is C20H23IN6O2. The van der Waals surface area contributed by atoms with Gasteiger partial charge in [-0.05, 0) is 11.1 Å². The summed E-state index contributed by atoms with van der Waals surface area (Å²) >= 11 is 0. The second-order valence-corrected chi connectivity index (χ2v) is 6.29. The van der Waals surface area contributed by atoms with Gasteiger partial charge in [-0.25, -0.2) is 4.98 Å². The molecule has 2 aromatic carbocycles. The van der Waals surface area contributed by atoms with Crippen molar-refractivity contribution in [3.05, 3.63) is 82.3 Å². The van der Waals surface area contributed by atoms with Gasteiger partial charge in [-0.2, -0.15) is 0 Å². The molecule has 0 aliphatic carbocycles. The Bertz CT molecular complexity index is 957. The Labute approximate surface area is 186 Å². The Hall–Kier alpha value is -2.95. The molecule has 3 aromatic rings. The Kier molecular flexibility index (Phi) is 8.13. The standard InChI is InChI=1S/C20H22N6O2.HI/c1-21-20(23-12-15-8-10-17(11-9-15)26(27)28)25(2)14-19-22-13-18(24-19)16-6-4-3-5-7-16;/h3-11,13H,12,14H2,1-2H3,(H,21,23)(H,22,24);1H. The molecule has 0 unspecified atom stereocenters. The summed E-state index contributed by atoms with van der Waals surface area (Å²) in [6.45, 7) is 1.08. The lowest BCUT2D eigenvalue weighted by Crippen LogP contribution is -2.38. The Morgan fingerprint density at radius 2 is 1.90 bits per heavy atom. The summed E-state index contributed by atoms with van der Waals surface area (Å²) in [4.78, 5) is 24.4. The molecule has 0 aliphatic rings. The van der Waals surface area contributed by atoms with Gasteiger partial charge in [0.1, 0.15) is 5.82 Å². The highest BCUT2D eigenvalue weighted by molar-refractivity contribution is 14.0. The molecule has 3 rings (SSSR count). The number of non-ortho nitro benzene ring substituents is 1. The predicted octanol–water partition coefficient (Wildman–Crippen LogP) is 3.81. The van der Waals surface area contributed by atoms with Crippen LogP contribution < -0.4 is 5.32 Å². The summed E-state index contributed by atoms with van der Waals surface area (Å²) in [5.41, 5.74) is 3.07. The summed E-state index contributed by atoms with van der Waals surface area (Å²) in [6.07, 6.45) is 1.82. The van der Waals surface area contributed by atoms with Crippen molar-refractivity contribution in [2.75, 3.05) is 14.1 Å². The van der Waals surface area contributed by atoms with Gasteiger partial charge in [0, 0.05) is 32.8 Å². The fourth-order valence-electron chi connectivity index (χ4n) is 2.81. The molecule has 152 valence electrons. The van der Waals surface area contributed by atoms with Crippen molar-refractivity contribution < 1.29 is 4.92 Å². The number of imidazole rings is 1. The zero-order valence-corrected chi connectivity index (χ0v) is 18.5. The molecule has 2 N–H and O–H groups in total. The van der Waals surface area contributed by atoms with E-state index in [1.807, 2.05) is 48.5 Å². The SMILES string of the molecule is CN=C(NCc1ccc([N+](=O)[O-])cc1)N(C)Cc1ncc(-c2ccccc2)[nH]1.I. The van der Waals surface area contributed by atoms with E-state index < -0.39 is 4.92 Å². The van der Waals surface area contributed by atoms with E-state index in [1.165, 1.54) is 12.1 Å². The molecule has 1 aromatic heterocycles. The van der Waals surface area contributed by atoms with Crippen LogP contribution in [0.1, 0.15) is 11.4 Å². The van der Waals surface area contributed by atoms with Crippen LogP contribution in [-0.4, -0.2) is 39.8 Å². The molecule has 0 aliphatic heterocycles. The van der Waals surface area contributed by atoms with Gasteiger partial charge in [-0.1, -0.05) is 42.5 Å². The summed E-state index contributed by atoms with van der Waals surface area (Å²) in [6, 6.07) is 16.5. The maximum absolute atomic E-state index is 10.7. The number of H-pyrrole nitrogens is 1. The first kappa shape index (κ1) is 22.3. The average Bonchev–Trinajstić information content (AvgIpc) is 3.18. The second-order valence-electron chi connectivity index (χ2n) is 6.29. The topological polar surface area (TPSA) is 99.4 Å².